The van der Waals surface area contributed by atoms with Crippen molar-refractivity contribution in [1.29, 1.82) is 0 Å². The molecule has 0 radical (unpaired) electrons. The van der Waals surface area contributed by atoms with Gasteiger partial charge in [-0.1, -0.05) is 0 Å². The number of Topliss-reactive ketones (excluding diaryl/α,β-unsaturated/α-hetero) is 1. The van der Waals surface area contributed by atoms with Crippen molar-refractivity contribution >= 4 is 47.3 Å². The van der Waals surface area contributed by atoms with E-state index in [4.69, 9.17) is 38.0 Å². The molecule has 2 aliphatic rings. The number of amides is 4. The van der Waals surface area contributed by atoms with Crippen LogP contribution in [0, 0.1) is 0 Å². The first-order chi connectivity index (χ1) is 25.0. The van der Waals surface area contributed by atoms with Crippen LogP contribution in [0.5, 0.6) is 0 Å². The van der Waals surface area contributed by atoms with Gasteiger partial charge in [-0.15, -0.1) is 15.1 Å². The number of unbranched alkanes of at least 4 members (excludes halogenated alkanes) is 2. The monoisotopic (exact) mass is 750 g/mol. The second kappa shape index (κ2) is 29.6. The molecule has 52 heavy (non-hydrogen) atoms. The summed E-state index contributed by atoms with van der Waals surface area (Å²) in [7, 11) is 1.66. The van der Waals surface area contributed by atoms with Crippen LogP contribution in [0.1, 0.15) is 96.8 Å². The van der Waals surface area contributed by atoms with Gasteiger partial charge in [-0.25, -0.2) is 9.68 Å². The lowest BCUT2D eigenvalue weighted by atomic mass is 10.2. The van der Waals surface area contributed by atoms with Crippen LogP contribution < -0.4 is 0 Å². The van der Waals surface area contributed by atoms with E-state index in [9.17, 15) is 38.4 Å². The summed E-state index contributed by atoms with van der Waals surface area (Å²) in [6, 6.07) is 0. The molecular weight excluding hydrogens is 700 g/mol. The van der Waals surface area contributed by atoms with Gasteiger partial charge in [0.05, 0.1) is 6.61 Å². The fourth-order valence-corrected chi connectivity index (χ4v) is 3.87. The van der Waals surface area contributed by atoms with Crippen LogP contribution in [0.3, 0.4) is 0 Å². The lowest BCUT2D eigenvalue weighted by Crippen LogP contribution is -2.32. The fraction of sp³-hybridized carbons (Fsp3) is 0.750. The fourth-order valence-electron chi connectivity index (χ4n) is 3.87. The lowest BCUT2D eigenvalue weighted by molar-refractivity contribution is -0.393. The van der Waals surface area contributed by atoms with Gasteiger partial charge in [0.2, 0.25) is 0 Å². The molecule has 2 rings (SSSR count). The zero-order chi connectivity index (χ0) is 38.4. The Bertz CT molecular complexity index is 1100. The SMILES string of the molecule is COCCCCOCOCOC(=O)CCCC(C)=O.O=C(CCCC(=O)ON1C(=O)CCC1=O)OCOCOCCCCOON1C(=O)CCC1=O. The molecule has 20 nitrogen and oxygen atoms in total. The standard InChI is InChI=1S/C19H26N2O12.C13H24O6/c22-14-6-7-15(23)20(14)32-19(27)5-3-4-18(26)30-13-29-12-28-10-1-2-11-31-33-21-16(24)8-9-17(21)25;1-12(14)6-5-7-13(15)19-11-18-10-17-9-4-3-8-16-2/h1-13H2;3-11H2,1-2H3. The highest BCUT2D eigenvalue weighted by atomic mass is 17.3. The minimum absolute atomic E-state index is 0.0106. The third kappa shape index (κ3) is 23.5. The molecule has 2 heterocycles. The molecule has 2 aliphatic heterocycles. The van der Waals surface area contributed by atoms with Gasteiger partial charge < -0.3 is 42.8 Å². The van der Waals surface area contributed by atoms with E-state index in [1.54, 1.807) is 7.11 Å². The highest BCUT2D eigenvalue weighted by molar-refractivity contribution is 6.01. The average Bonchev–Trinajstić information content (AvgIpc) is 3.60. The van der Waals surface area contributed by atoms with Gasteiger partial charge in [-0.3, -0.25) is 28.8 Å². The van der Waals surface area contributed by atoms with Crippen molar-refractivity contribution in [2.75, 3.05) is 60.7 Å². The zero-order valence-corrected chi connectivity index (χ0v) is 29.8. The topological polar surface area (TPSA) is 235 Å². The molecule has 296 valence electrons. The van der Waals surface area contributed by atoms with Crippen molar-refractivity contribution in [3.05, 3.63) is 0 Å². The van der Waals surface area contributed by atoms with E-state index in [1.165, 1.54) is 6.92 Å². The Morgan fingerprint density at radius 1 is 0.519 bits per heavy atom. The highest BCUT2D eigenvalue weighted by Crippen LogP contribution is 2.14. The maximum atomic E-state index is 11.6. The van der Waals surface area contributed by atoms with Crippen molar-refractivity contribution in [1.82, 2.24) is 10.1 Å². The van der Waals surface area contributed by atoms with E-state index < -0.39 is 35.6 Å². The number of rotatable bonds is 29. The summed E-state index contributed by atoms with van der Waals surface area (Å²) in [4.78, 5) is 104. The molecule has 0 spiro atoms. The lowest BCUT2D eigenvalue weighted by Gasteiger charge is -2.12. The van der Waals surface area contributed by atoms with Crippen molar-refractivity contribution in [3.8, 4) is 0 Å². The zero-order valence-electron chi connectivity index (χ0n) is 29.8. The Morgan fingerprint density at radius 2 is 0.962 bits per heavy atom. The Hall–Kier alpha value is -3.92. The van der Waals surface area contributed by atoms with Crippen LogP contribution in [0.25, 0.3) is 0 Å². The third-order valence-electron chi connectivity index (χ3n) is 6.60. The summed E-state index contributed by atoms with van der Waals surface area (Å²) < 4.78 is 34.8. The van der Waals surface area contributed by atoms with Crippen LogP contribution in [-0.4, -0.2) is 118 Å². The summed E-state index contributed by atoms with van der Waals surface area (Å²) >= 11 is 0. The second-order valence-corrected chi connectivity index (χ2v) is 11.1. The minimum atomic E-state index is -0.786. The Kier molecular flexibility index (Phi) is 26.3. The normalized spacial score (nSPS) is 14.0. The number of carbonyl (C=O) groups excluding carboxylic acids is 8. The molecule has 0 unspecified atom stereocenters. The van der Waals surface area contributed by atoms with Gasteiger partial charge in [0.15, 0.2) is 27.2 Å². The minimum Gasteiger partial charge on any atom is -0.438 e. The summed E-state index contributed by atoms with van der Waals surface area (Å²) in [5, 5.41) is 1.06. The molecule has 2 fully saturated rings. The number of imide groups is 2. The van der Waals surface area contributed by atoms with Crippen LogP contribution in [-0.2, 0) is 86.2 Å². The van der Waals surface area contributed by atoms with Gasteiger partial charge in [-0.05, 0) is 45.4 Å². The number of hydrogen-bond acceptors (Lipinski definition) is 18. The van der Waals surface area contributed by atoms with Crippen LogP contribution >= 0.6 is 0 Å². The average molecular weight is 751 g/mol. The van der Waals surface area contributed by atoms with Crippen molar-refractivity contribution in [3.63, 3.8) is 0 Å². The van der Waals surface area contributed by atoms with E-state index in [-0.39, 0.29) is 96.9 Å². The first kappa shape index (κ1) is 46.1. The largest absolute Gasteiger partial charge is 0.438 e. The summed E-state index contributed by atoms with van der Waals surface area (Å²) in [5.41, 5.74) is 0. The van der Waals surface area contributed by atoms with E-state index in [0.29, 0.717) is 49.0 Å². The summed E-state index contributed by atoms with van der Waals surface area (Å²) in [6.07, 6.45) is 4.30. The number of hydroxylamine groups is 4. The van der Waals surface area contributed by atoms with Gasteiger partial charge >= 0.3 is 17.9 Å². The number of ether oxygens (including phenoxy) is 7. The molecule has 20 heteroatoms. The number of carbonyl (C=O) groups is 8. The highest BCUT2D eigenvalue weighted by Gasteiger charge is 2.33. The second-order valence-electron chi connectivity index (χ2n) is 11.1. The van der Waals surface area contributed by atoms with Gasteiger partial charge in [0.1, 0.15) is 5.78 Å². The predicted molar refractivity (Wildman–Crippen MR) is 170 cm³/mol. The van der Waals surface area contributed by atoms with Crippen LogP contribution in [0.4, 0.5) is 0 Å². The van der Waals surface area contributed by atoms with Crippen molar-refractivity contribution in [2.45, 2.75) is 96.8 Å². The number of ketones is 1. The molecule has 2 saturated heterocycles. The van der Waals surface area contributed by atoms with Gasteiger partial charge in [0.25, 0.3) is 23.6 Å². The Labute approximate surface area is 301 Å². The Morgan fingerprint density at radius 3 is 1.46 bits per heavy atom. The molecule has 0 aromatic rings. The Balaban J connectivity index is 0.000000607. The number of nitrogens with zero attached hydrogens (tertiary/aromatic N) is 2. The molecule has 0 bridgehead atoms. The van der Waals surface area contributed by atoms with E-state index in [0.717, 1.165) is 19.4 Å². The molecule has 0 aliphatic carbocycles. The van der Waals surface area contributed by atoms with Crippen molar-refractivity contribution < 1.29 is 86.2 Å². The van der Waals surface area contributed by atoms with Crippen LogP contribution in [0.2, 0.25) is 0 Å². The number of methoxy groups -OCH3 is 1. The predicted octanol–water partition coefficient (Wildman–Crippen LogP) is 1.71. The first-order valence-electron chi connectivity index (χ1n) is 16.9. The van der Waals surface area contributed by atoms with Crippen molar-refractivity contribution in [2.24, 2.45) is 0 Å². The molecule has 4 amide bonds. The van der Waals surface area contributed by atoms with Gasteiger partial charge in [0, 0.05) is 78.3 Å². The maximum Gasteiger partial charge on any atom is 0.333 e. The van der Waals surface area contributed by atoms with E-state index in [1.807, 2.05) is 0 Å². The maximum absolute atomic E-state index is 11.6. The van der Waals surface area contributed by atoms with E-state index >= 15 is 0 Å². The number of hydrogen-bond donors (Lipinski definition) is 0. The molecule has 0 saturated carbocycles. The summed E-state index contributed by atoms with van der Waals surface area (Å²) in [5.74, 6) is -3.67. The molecule has 0 aromatic carbocycles. The molecular formula is C32H50N2O18. The molecule has 0 N–H and O–H groups in total. The quantitative estimate of drug-likeness (QED) is 0.0264. The van der Waals surface area contributed by atoms with Crippen LogP contribution in [0.15, 0.2) is 0 Å². The smallest absolute Gasteiger partial charge is 0.333 e. The first-order valence-corrected chi connectivity index (χ1v) is 16.9. The number of esters is 2. The molecule has 0 atom stereocenters. The third-order valence-corrected chi connectivity index (χ3v) is 6.60. The summed E-state index contributed by atoms with van der Waals surface area (Å²) in [6.45, 7) is 2.88. The molecule has 0 aromatic heterocycles. The van der Waals surface area contributed by atoms with E-state index in [2.05, 4.69) is 9.83 Å². The van der Waals surface area contributed by atoms with Gasteiger partial charge in [-0.2, -0.15) is 0 Å².